The zero-order chi connectivity index (χ0) is 28.5. The molecule has 0 bridgehead atoms. The first-order valence-electron chi connectivity index (χ1n) is 11.9. The normalized spacial score (nSPS) is 11.9. The van der Waals surface area contributed by atoms with Gasteiger partial charge in [0, 0.05) is 33.2 Å². The maximum atomic E-state index is 15.6. The summed E-state index contributed by atoms with van der Waals surface area (Å²) in [7, 11) is 0. The molecule has 0 aliphatic heterocycles. The highest BCUT2D eigenvalue weighted by Crippen LogP contribution is 2.34. The Morgan fingerprint density at radius 3 is 2.23 bits per heavy atom. The van der Waals surface area contributed by atoms with Gasteiger partial charge in [0.25, 0.3) is 5.91 Å². The van der Waals surface area contributed by atoms with Crippen molar-refractivity contribution in [3.63, 3.8) is 0 Å². The fourth-order valence-corrected chi connectivity index (χ4v) is 5.16. The number of hydrogen-bond acceptors (Lipinski definition) is 4. The molecule has 0 saturated heterocycles. The molecule has 200 valence electrons. The molecule has 2 N–H and O–H groups in total. The topological polar surface area (TPSA) is 79.3 Å². The number of carbonyl (C=O) groups is 2. The molecule has 1 amide bonds. The van der Waals surface area contributed by atoms with E-state index in [4.69, 9.17) is 28.3 Å². The third-order valence-corrected chi connectivity index (χ3v) is 7.48. The highest BCUT2D eigenvalue weighted by Gasteiger charge is 2.18. The molecular weight excluding hydrogens is 558 g/mol. The zero-order valence-electron chi connectivity index (χ0n) is 21.6. The maximum Gasteiger partial charge on any atom is 0.331 e. The second-order valence-corrected chi connectivity index (χ2v) is 11.6. The molecule has 5 nitrogen and oxygen atoms in total. The van der Waals surface area contributed by atoms with Gasteiger partial charge >= 0.3 is 5.97 Å². The van der Waals surface area contributed by atoms with Crippen molar-refractivity contribution in [1.82, 2.24) is 4.98 Å². The van der Waals surface area contributed by atoms with E-state index in [1.54, 1.807) is 23.6 Å². The van der Waals surface area contributed by atoms with E-state index in [1.165, 1.54) is 25.1 Å². The summed E-state index contributed by atoms with van der Waals surface area (Å²) < 4.78 is 15.6. The van der Waals surface area contributed by atoms with Crippen LogP contribution in [0, 0.1) is 5.82 Å². The Bertz CT molecular complexity index is 1580. The Morgan fingerprint density at radius 1 is 1.03 bits per heavy atom. The summed E-state index contributed by atoms with van der Waals surface area (Å²) >= 11 is 13.7. The number of aromatic nitrogens is 1. The van der Waals surface area contributed by atoms with E-state index in [-0.39, 0.29) is 31.7 Å². The standard InChI is InChI=1S/C30H25Cl2FN2O3S/c1-16(28(37)38)12-22-23(31)13-18(14-24(22)32)27(36)35-29-34-25(15-39-29)21-7-5-6-20(26(21)33)17-8-10-19(11-9-17)30(2,3)4/h5-15H,1-4H3,(H,37,38)(H,34,35,36). The Kier molecular flexibility index (Phi) is 8.25. The van der Waals surface area contributed by atoms with Crippen molar-refractivity contribution in [1.29, 1.82) is 0 Å². The second-order valence-electron chi connectivity index (χ2n) is 9.97. The number of benzene rings is 3. The van der Waals surface area contributed by atoms with Crippen molar-refractivity contribution in [2.75, 3.05) is 5.32 Å². The first-order valence-corrected chi connectivity index (χ1v) is 13.6. The van der Waals surface area contributed by atoms with Gasteiger partial charge in [-0.1, -0.05) is 80.4 Å². The van der Waals surface area contributed by atoms with Crippen LogP contribution in [0.25, 0.3) is 28.5 Å². The number of thiazole rings is 1. The minimum atomic E-state index is -1.11. The number of halogens is 3. The summed E-state index contributed by atoms with van der Waals surface area (Å²) in [6, 6.07) is 15.8. The lowest BCUT2D eigenvalue weighted by atomic mass is 9.86. The maximum absolute atomic E-state index is 15.6. The van der Waals surface area contributed by atoms with Gasteiger partial charge < -0.3 is 5.11 Å². The third kappa shape index (κ3) is 6.38. The molecule has 3 aromatic carbocycles. The summed E-state index contributed by atoms with van der Waals surface area (Å²) in [5.74, 6) is -2.02. The van der Waals surface area contributed by atoms with Crippen molar-refractivity contribution in [2.45, 2.75) is 33.1 Å². The molecule has 0 aliphatic carbocycles. The van der Waals surface area contributed by atoms with Gasteiger partial charge in [-0.05, 0) is 47.7 Å². The van der Waals surface area contributed by atoms with Gasteiger partial charge in [-0.3, -0.25) is 10.1 Å². The van der Waals surface area contributed by atoms with Crippen LogP contribution in [0.5, 0.6) is 0 Å². The Hall–Kier alpha value is -3.52. The monoisotopic (exact) mass is 582 g/mol. The van der Waals surface area contributed by atoms with Gasteiger partial charge in [0.1, 0.15) is 5.82 Å². The largest absolute Gasteiger partial charge is 0.478 e. The summed E-state index contributed by atoms with van der Waals surface area (Å²) in [6.45, 7) is 7.79. The number of carboxylic acid groups (broad SMARTS) is 1. The van der Waals surface area contributed by atoms with Crippen LogP contribution in [-0.4, -0.2) is 22.0 Å². The third-order valence-electron chi connectivity index (χ3n) is 6.10. The van der Waals surface area contributed by atoms with Crippen molar-refractivity contribution in [3.05, 3.63) is 98.1 Å². The van der Waals surface area contributed by atoms with Crippen LogP contribution in [-0.2, 0) is 10.2 Å². The van der Waals surface area contributed by atoms with Crippen LogP contribution in [0.2, 0.25) is 10.0 Å². The average Bonchev–Trinajstić information content (AvgIpc) is 3.33. The van der Waals surface area contributed by atoms with Crippen LogP contribution >= 0.6 is 34.5 Å². The highest BCUT2D eigenvalue weighted by molar-refractivity contribution is 7.14. The molecule has 0 unspecified atom stereocenters. The van der Waals surface area contributed by atoms with Crippen LogP contribution < -0.4 is 5.32 Å². The predicted molar refractivity (Wildman–Crippen MR) is 157 cm³/mol. The number of aliphatic carboxylic acids is 1. The average molecular weight is 584 g/mol. The van der Waals surface area contributed by atoms with Gasteiger partial charge in [-0.25, -0.2) is 14.2 Å². The number of nitrogens with one attached hydrogen (secondary N) is 1. The first-order chi connectivity index (χ1) is 18.3. The Labute approximate surface area is 239 Å². The van der Waals surface area contributed by atoms with E-state index >= 15 is 4.39 Å². The van der Waals surface area contributed by atoms with E-state index in [0.717, 1.165) is 22.5 Å². The van der Waals surface area contributed by atoms with E-state index in [2.05, 4.69) is 31.1 Å². The number of hydrogen-bond donors (Lipinski definition) is 2. The lowest BCUT2D eigenvalue weighted by molar-refractivity contribution is -0.132. The molecule has 39 heavy (non-hydrogen) atoms. The molecule has 4 aromatic rings. The molecule has 0 radical (unpaired) electrons. The molecule has 4 rings (SSSR count). The zero-order valence-corrected chi connectivity index (χ0v) is 23.9. The Balaban J connectivity index is 1.56. The first kappa shape index (κ1) is 28.5. The van der Waals surface area contributed by atoms with Crippen LogP contribution in [0.3, 0.4) is 0 Å². The number of anilines is 1. The molecule has 0 atom stereocenters. The molecule has 0 aliphatic rings. The van der Waals surface area contributed by atoms with E-state index in [1.807, 2.05) is 24.3 Å². The van der Waals surface area contributed by atoms with Crippen molar-refractivity contribution in [3.8, 4) is 22.4 Å². The van der Waals surface area contributed by atoms with Gasteiger partial charge in [0.05, 0.1) is 15.7 Å². The van der Waals surface area contributed by atoms with Gasteiger partial charge in [-0.15, -0.1) is 11.3 Å². The van der Waals surface area contributed by atoms with Crippen LogP contribution in [0.4, 0.5) is 9.52 Å². The lowest BCUT2D eigenvalue weighted by Gasteiger charge is -2.19. The number of carbonyl (C=O) groups excluding carboxylic acids is 1. The molecule has 9 heteroatoms. The minimum Gasteiger partial charge on any atom is -0.478 e. The molecule has 0 saturated carbocycles. The van der Waals surface area contributed by atoms with Gasteiger partial charge in [-0.2, -0.15) is 0 Å². The number of amides is 1. The summed E-state index contributed by atoms with van der Waals surface area (Å²) in [4.78, 5) is 28.4. The quantitative estimate of drug-likeness (QED) is 0.222. The summed E-state index contributed by atoms with van der Waals surface area (Å²) in [5.41, 5.74) is 3.60. The SMILES string of the molecule is CC(=Cc1c(Cl)cc(C(=O)Nc2nc(-c3cccc(-c4ccc(C(C)(C)C)cc4)c3F)cs2)cc1Cl)C(=O)O. The van der Waals surface area contributed by atoms with Gasteiger partial charge in [0.2, 0.25) is 0 Å². The predicted octanol–water partition coefficient (Wildman–Crippen LogP) is 8.96. The molecule has 0 fully saturated rings. The number of nitrogens with zero attached hydrogens (tertiary/aromatic N) is 1. The molecule has 1 aromatic heterocycles. The van der Waals surface area contributed by atoms with E-state index < -0.39 is 17.7 Å². The smallest absolute Gasteiger partial charge is 0.331 e. The minimum absolute atomic E-state index is 0.00447. The van der Waals surface area contributed by atoms with Crippen molar-refractivity contribution in [2.24, 2.45) is 0 Å². The van der Waals surface area contributed by atoms with Crippen LogP contribution in [0.15, 0.2) is 65.6 Å². The Morgan fingerprint density at radius 2 is 1.64 bits per heavy atom. The number of carboxylic acids is 1. The fraction of sp³-hybridized carbons (Fsp3) is 0.167. The van der Waals surface area contributed by atoms with E-state index in [9.17, 15) is 9.59 Å². The highest BCUT2D eigenvalue weighted by atomic mass is 35.5. The van der Waals surface area contributed by atoms with Crippen molar-refractivity contribution < 1.29 is 19.1 Å². The van der Waals surface area contributed by atoms with E-state index in [0.29, 0.717) is 22.4 Å². The second kappa shape index (κ2) is 11.3. The lowest BCUT2D eigenvalue weighted by Crippen LogP contribution is -2.12. The molecular formula is C30H25Cl2FN2O3S. The molecule has 1 heterocycles. The summed E-state index contributed by atoms with van der Waals surface area (Å²) in [6.07, 6.45) is 1.34. The molecule has 0 spiro atoms. The van der Waals surface area contributed by atoms with Crippen LogP contribution in [0.1, 0.15) is 49.2 Å². The summed E-state index contributed by atoms with van der Waals surface area (Å²) in [5, 5.41) is 14.0. The van der Waals surface area contributed by atoms with Gasteiger partial charge in [0.15, 0.2) is 5.13 Å². The number of rotatable bonds is 6. The van der Waals surface area contributed by atoms with Crippen molar-refractivity contribution >= 4 is 57.6 Å². The fourth-order valence-electron chi connectivity index (χ4n) is 3.86.